The molecule has 4 aromatic heterocycles. The Morgan fingerprint density at radius 1 is 1.30 bits per heavy atom. The number of hydrogen-bond acceptors (Lipinski definition) is 6. The largest absolute Gasteiger partial charge is 0.387 e. The summed E-state index contributed by atoms with van der Waals surface area (Å²) < 4.78 is 17.0. The Morgan fingerprint density at radius 2 is 2.00 bits per heavy atom. The number of H-pyrrole nitrogens is 1. The molecule has 4 rings (SSSR count). The van der Waals surface area contributed by atoms with Gasteiger partial charge in [0.15, 0.2) is 6.17 Å². The lowest BCUT2D eigenvalue weighted by atomic mass is 9.98. The quantitative estimate of drug-likeness (QED) is 0.265. The van der Waals surface area contributed by atoms with Crippen LogP contribution >= 0.6 is 11.3 Å². The molecule has 0 aliphatic rings. The predicted molar refractivity (Wildman–Crippen MR) is 147 cm³/mol. The molecule has 10 heteroatoms. The summed E-state index contributed by atoms with van der Waals surface area (Å²) in [7, 11) is 1.64. The summed E-state index contributed by atoms with van der Waals surface area (Å²) in [5, 5.41) is 17.3. The van der Waals surface area contributed by atoms with Crippen LogP contribution in [-0.2, 0) is 7.05 Å². The van der Waals surface area contributed by atoms with E-state index in [0.29, 0.717) is 38.5 Å². The predicted octanol–water partition coefficient (Wildman–Crippen LogP) is 5.19. The average molecular weight is 526 g/mol. The Kier molecular flexibility index (Phi) is 7.00. The molecule has 0 radical (unpaired) electrons. The minimum Gasteiger partial charge on any atom is -0.387 e. The fourth-order valence-corrected chi connectivity index (χ4v) is 5.78. The highest BCUT2D eigenvalue weighted by Crippen LogP contribution is 2.49. The van der Waals surface area contributed by atoms with Crippen LogP contribution in [0.25, 0.3) is 21.3 Å². The van der Waals surface area contributed by atoms with Crippen LogP contribution < -0.4 is 16.2 Å². The molecule has 0 spiro atoms. The standard InChI is InChI=1S/C27H32FN5O3S/c1-8-29-25(34)18-11-16-17(12-33(7)26(35)21(16)31-18)23-20(32-19-13(2)9-10-30-15(19)4)14(3)22(37-23)24(28)27(5,6)36/h9-12,24,31-32,36H,8H2,1-7H3,(H,29,34). The van der Waals surface area contributed by atoms with E-state index >= 15 is 4.39 Å². The number of anilines is 2. The van der Waals surface area contributed by atoms with Crippen molar-refractivity contribution in [3.05, 3.63) is 62.3 Å². The van der Waals surface area contributed by atoms with E-state index in [1.54, 1.807) is 25.5 Å². The van der Waals surface area contributed by atoms with Crippen LogP contribution in [0.3, 0.4) is 0 Å². The van der Waals surface area contributed by atoms with Crippen LogP contribution in [0.5, 0.6) is 0 Å². The van der Waals surface area contributed by atoms with Crippen LogP contribution in [0, 0.1) is 20.8 Å². The van der Waals surface area contributed by atoms with Gasteiger partial charge in [0.1, 0.15) is 11.2 Å². The Balaban J connectivity index is 2.03. The van der Waals surface area contributed by atoms with Gasteiger partial charge < -0.3 is 25.3 Å². The summed E-state index contributed by atoms with van der Waals surface area (Å²) in [4.78, 5) is 34.0. The van der Waals surface area contributed by atoms with Gasteiger partial charge in [-0.1, -0.05) is 0 Å². The number of fused-ring (bicyclic) bond motifs is 1. The molecule has 8 nitrogen and oxygen atoms in total. The molecule has 1 atom stereocenters. The summed E-state index contributed by atoms with van der Waals surface area (Å²) >= 11 is 1.21. The molecule has 1 unspecified atom stereocenters. The number of carbonyl (C=O) groups excluding carboxylic acids is 1. The van der Waals surface area contributed by atoms with Gasteiger partial charge in [-0.2, -0.15) is 0 Å². The van der Waals surface area contributed by atoms with Gasteiger partial charge in [-0.3, -0.25) is 14.6 Å². The molecule has 1 amide bonds. The van der Waals surface area contributed by atoms with E-state index in [0.717, 1.165) is 16.9 Å². The molecule has 0 aliphatic carbocycles. The van der Waals surface area contributed by atoms with Crippen LogP contribution in [0.15, 0.2) is 29.3 Å². The van der Waals surface area contributed by atoms with Crippen LogP contribution in [0.2, 0.25) is 0 Å². The first-order chi connectivity index (χ1) is 17.3. The van der Waals surface area contributed by atoms with Crippen molar-refractivity contribution in [2.24, 2.45) is 7.05 Å². The van der Waals surface area contributed by atoms with E-state index < -0.39 is 11.8 Å². The van der Waals surface area contributed by atoms with E-state index in [4.69, 9.17) is 0 Å². The number of aliphatic hydroxyl groups is 1. The van der Waals surface area contributed by atoms with Gasteiger partial charge in [0.2, 0.25) is 0 Å². The number of nitrogens with zero attached hydrogens (tertiary/aromatic N) is 2. The van der Waals surface area contributed by atoms with Crippen molar-refractivity contribution in [2.75, 3.05) is 11.9 Å². The molecule has 37 heavy (non-hydrogen) atoms. The molecule has 0 saturated heterocycles. The van der Waals surface area contributed by atoms with Crippen molar-refractivity contribution in [3.8, 4) is 10.4 Å². The second-order valence-electron chi connectivity index (χ2n) is 9.81. The molecule has 0 aromatic carbocycles. The summed E-state index contributed by atoms with van der Waals surface area (Å²) in [5.74, 6) is -0.319. The van der Waals surface area contributed by atoms with E-state index in [1.165, 1.54) is 29.8 Å². The van der Waals surface area contributed by atoms with Gasteiger partial charge >= 0.3 is 0 Å². The van der Waals surface area contributed by atoms with Gasteiger partial charge in [0.25, 0.3) is 11.5 Å². The second kappa shape index (κ2) is 9.75. The average Bonchev–Trinajstić information content (AvgIpc) is 3.40. The highest BCUT2D eigenvalue weighted by atomic mass is 32.1. The van der Waals surface area contributed by atoms with E-state index in [9.17, 15) is 14.7 Å². The lowest BCUT2D eigenvalue weighted by Crippen LogP contribution is -2.25. The first-order valence-electron chi connectivity index (χ1n) is 12.0. The van der Waals surface area contributed by atoms with Crippen molar-refractivity contribution < 1.29 is 14.3 Å². The first-order valence-corrected chi connectivity index (χ1v) is 12.9. The highest BCUT2D eigenvalue weighted by molar-refractivity contribution is 7.16. The van der Waals surface area contributed by atoms with Gasteiger partial charge in [0, 0.05) is 41.8 Å². The Bertz CT molecular complexity index is 1540. The number of thiophene rings is 1. The molecule has 0 saturated carbocycles. The first kappa shape index (κ1) is 26.6. The third-order valence-electron chi connectivity index (χ3n) is 6.42. The monoisotopic (exact) mass is 525 g/mol. The number of aromatic amines is 1. The molecule has 0 fully saturated rings. The molecule has 4 N–H and O–H groups in total. The van der Waals surface area contributed by atoms with Crippen molar-refractivity contribution in [2.45, 2.75) is 53.3 Å². The highest BCUT2D eigenvalue weighted by Gasteiger charge is 2.34. The number of aromatic nitrogens is 3. The van der Waals surface area contributed by atoms with Gasteiger partial charge in [0.05, 0.1) is 27.5 Å². The summed E-state index contributed by atoms with van der Waals surface area (Å²) in [6, 6.07) is 3.54. The zero-order valence-electron chi connectivity index (χ0n) is 22.0. The van der Waals surface area contributed by atoms with Crippen molar-refractivity contribution in [1.29, 1.82) is 0 Å². The molecule has 196 valence electrons. The van der Waals surface area contributed by atoms with Crippen LogP contribution in [0.4, 0.5) is 15.8 Å². The van der Waals surface area contributed by atoms with Crippen molar-refractivity contribution in [3.63, 3.8) is 0 Å². The lowest BCUT2D eigenvalue weighted by Gasteiger charge is -2.22. The molecule has 0 bridgehead atoms. The molecular weight excluding hydrogens is 493 g/mol. The smallest absolute Gasteiger partial charge is 0.274 e. The number of carbonyl (C=O) groups is 1. The maximum absolute atomic E-state index is 15.6. The Morgan fingerprint density at radius 3 is 2.62 bits per heavy atom. The minimum absolute atomic E-state index is 0.267. The molecule has 4 aromatic rings. The van der Waals surface area contributed by atoms with Gasteiger partial charge in [-0.25, -0.2) is 4.39 Å². The van der Waals surface area contributed by atoms with Crippen molar-refractivity contribution >= 4 is 39.5 Å². The fraction of sp³-hybridized carbons (Fsp3) is 0.370. The van der Waals surface area contributed by atoms with Crippen molar-refractivity contribution in [1.82, 2.24) is 19.9 Å². The number of aryl methyl sites for hydroxylation is 3. The molecule has 4 heterocycles. The van der Waals surface area contributed by atoms with E-state index in [1.807, 2.05) is 33.8 Å². The van der Waals surface area contributed by atoms with E-state index in [-0.39, 0.29) is 22.7 Å². The third kappa shape index (κ3) is 4.78. The Labute approximate surface area is 218 Å². The topological polar surface area (TPSA) is 112 Å². The maximum Gasteiger partial charge on any atom is 0.274 e. The number of pyridine rings is 2. The minimum atomic E-state index is -1.64. The van der Waals surface area contributed by atoms with Gasteiger partial charge in [-0.05, 0) is 64.8 Å². The zero-order valence-corrected chi connectivity index (χ0v) is 22.9. The normalized spacial score (nSPS) is 12.7. The number of nitrogens with one attached hydrogen (secondary N) is 3. The van der Waals surface area contributed by atoms with Gasteiger partial charge in [-0.15, -0.1) is 11.3 Å². The number of amides is 1. The third-order valence-corrected chi connectivity index (χ3v) is 7.79. The molecular formula is C27H32FN5O3S. The van der Waals surface area contributed by atoms with E-state index in [2.05, 4.69) is 20.6 Å². The summed E-state index contributed by atoms with van der Waals surface area (Å²) in [5.41, 5.74) is 3.19. The number of hydrogen-bond donors (Lipinski definition) is 4. The Hall–Kier alpha value is -3.50. The fourth-order valence-electron chi connectivity index (χ4n) is 4.33. The number of halogens is 1. The zero-order chi connectivity index (χ0) is 27.2. The maximum atomic E-state index is 15.6. The summed E-state index contributed by atoms with van der Waals surface area (Å²) in [6.07, 6.45) is 1.79. The molecule has 0 aliphatic heterocycles. The number of rotatable bonds is 7. The SMILES string of the molecule is CCNC(=O)c1cc2c(-c3sc(C(F)C(C)(C)O)c(C)c3Nc3c(C)ccnc3C)cn(C)c(=O)c2[nH]1. The lowest BCUT2D eigenvalue weighted by molar-refractivity contribution is -0.00280. The summed E-state index contributed by atoms with van der Waals surface area (Å²) in [6.45, 7) is 10.8. The number of alkyl halides is 1. The van der Waals surface area contributed by atoms with Crippen LogP contribution in [0.1, 0.15) is 59.1 Å². The second-order valence-corrected chi connectivity index (χ2v) is 10.9. The van der Waals surface area contributed by atoms with Crippen LogP contribution in [-0.4, -0.2) is 37.7 Å².